The number of aromatic nitrogens is 2. The second-order valence-electron chi connectivity index (χ2n) is 5.32. The van der Waals surface area contributed by atoms with Crippen molar-refractivity contribution in [3.8, 4) is 5.69 Å². The summed E-state index contributed by atoms with van der Waals surface area (Å²) in [4.78, 5) is 22.6. The van der Waals surface area contributed by atoms with E-state index in [4.69, 9.17) is 0 Å². The van der Waals surface area contributed by atoms with Gasteiger partial charge in [-0.05, 0) is 37.3 Å². The van der Waals surface area contributed by atoms with E-state index >= 15 is 0 Å². The number of hydrogen-bond donors (Lipinski definition) is 1. The molecule has 3 rings (SSSR count). The Hall–Kier alpha value is -3.00. The van der Waals surface area contributed by atoms with Crippen LogP contribution in [-0.4, -0.2) is 20.6 Å². The molecule has 25 heavy (non-hydrogen) atoms. The minimum absolute atomic E-state index is 0.0634. The van der Waals surface area contributed by atoms with Crippen molar-refractivity contribution in [2.24, 2.45) is 0 Å². The van der Waals surface area contributed by atoms with Gasteiger partial charge in [0.05, 0.1) is 16.3 Å². The van der Waals surface area contributed by atoms with E-state index < -0.39 is 4.92 Å². The van der Waals surface area contributed by atoms with Gasteiger partial charge in [-0.25, -0.2) is 4.68 Å². The van der Waals surface area contributed by atoms with Crippen LogP contribution >= 0.6 is 15.9 Å². The van der Waals surface area contributed by atoms with Crippen molar-refractivity contribution >= 4 is 33.3 Å². The first-order valence-corrected chi connectivity index (χ1v) is 8.12. The summed E-state index contributed by atoms with van der Waals surface area (Å²) in [5.74, 6) is 0.144. The predicted octanol–water partition coefficient (Wildman–Crippen LogP) is 4.10. The lowest BCUT2D eigenvalue weighted by molar-refractivity contribution is -0.384. The van der Waals surface area contributed by atoms with Crippen molar-refractivity contribution in [3.63, 3.8) is 0 Å². The molecule has 1 heterocycles. The van der Waals surface area contributed by atoms with Crippen LogP contribution in [0.1, 0.15) is 16.1 Å². The number of non-ortho nitro benzene ring substituents is 1. The number of nitrogens with zero attached hydrogens (tertiary/aromatic N) is 3. The van der Waals surface area contributed by atoms with E-state index in [9.17, 15) is 14.9 Å². The van der Waals surface area contributed by atoms with Gasteiger partial charge in [0.1, 0.15) is 5.82 Å². The average Bonchev–Trinajstić information content (AvgIpc) is 2.95. The molecular formula is C17H13BrN4O3. The second kappa shape index (κ2) is 6.86. The van der Waals surface area contributed by atoms with Crippen molar-refractivity contribution in [2.45, 2.75) is 6.92 Å². The summed E-state index contributed by atoms with van der Waals surface area (Å²) in [6.45, 7) is 1.83. The number of halogens is 1. The molecule has 0 saturated heterocycles. The van der Waals surface area contributed by atoms with Crippen molar-refractivity contribution in [1.82, 2.24) is 9.78 Å². The SMILES string of the molecule is Cc1cc(NC(=O)c2ccc([N+](=O)[O-])cc2)n(-c2cccc(Br)c2)n1. The Morgan fingerprint density at radius 1 is 1.20 bits per heavy atom. The highest BCUT2D eigenvalue weighted by Crippen LogP contribution is 2.21. The lowest BCUT2D eigenvalue weighted by Crippen LogP contribution is -2.15. The molecule has 1 aromatic heterocycles. The zero-order chi connectivity index (χ0) is 18.0. The van der Waals surface area contributed by atoms with Gasteiger partial charge in [0.25, 0.3) is 11.6 Å². The Labute approximate surface area is 151 Å². The van der Waals surface area contributed by atoms with Crippen LogP contribution in [0.5, 0.6) is 0 Å². The molecule has 0 spiro atoms. The van der Waals surface area contributed by atoms with E-state index in [1.54, 1.807) is 10.7 Å². The zero-order valence-electron chi connectivity index (χ0n) is 13.1. The molecule has 0 atom stereocenters. The Kier molecular flexibility index (Phi) is 4.62. The molecule has 0 unspecified atom stereocenters. The molecule has 0 saturated carbocycles. The molecule has 0 fully saturated rings. The number of amides is 1. The summed E-state index contributed by atoms with van der Waals surface area (Å²) in [6, 6.07) is 14.7. The maximum atomic E-state index is 12.4. The van der Waals surface area contributed by atoms with Crippen molar-refractivity contribution < 1.29 is 9.72 Å². The van der Waals surface area contributed by atoms with Crippen molar-refractivity contribution in [3.05, 3.63) is 80.4 Å². The summed E-state index contributed by atoms with van der Waals surface area (Å²) in [5, 5.41) is 17.9. The van der Waals surface area contributed by atoms with Gasteiger partial charge in [-0.1, -0.05) is 22.0 Å². The smallest absolute Gasteiger partial charge is 0.269 e. The molecule has 0 aliphatic heterocycles. The molecule has 7 nitrogen and oxygen atoms in total. The Morgan fingerprint density at radius 3 is 2.56 bits per heavy atom. The first-order chi connectivity index (χ1) is 11.9. The molecule has 1 N–H and O–H groups in total. The average molecular weight is 401 g/mol. The summed E-state index contributed by atoms with van der Waals surface area (Å²) in [7, 11) is 0. The highest BCUT2D eigenvalue weighted by Gasteiger charge is 2.14. The number of nitro groups is 1. The summed E-state index contributed by atoms with van der Waals surface area (Å²) in [5.41, 5.74) is 1.80. The highest BCUT2D eigenvalue weighted by molar-refractivity contribution is 9.10. The van der Waals surface area contributed by atoms with Gasteiger partial charge < -0.3 is 5.32 Å². The minimum atomic E-state index is -0.507. The molecule has 126 valence electrons. The van der Waals surface area contributed by atoms with Crippen LogP contribution in [0.4, 0.5) is 11.5 Å². The fourth-order valence-electron chi connectivity index (χ4n) is 2.32. The van der Waals surface area contributed by atoms with Crippen LogP contribution in [0.3, 0.4) is 0 Å². The second-order valence-corrected chi connectivity index (χ2v) is 6.24. The van der Waals surface area contributed by atoms with E-state index in [0.717, 1.165) is 15.9 Å². The number of carbonyl (C=O) groups is 1. The van der Waals surface area contributed by atoms with Crippen LogP contribution in [0, 0.1) is 17.0 Å². The molecule has 2 aromatic carbocycles. The Bertz CT molecular complexity index is 951. The van der Waals surface area contributed by atoms with Crippen molar-refractivity contribution in [1.29, 1.82) is 0 Å². The number of nitro benzene ring substituents is 1. The lowest BCUT2D eigenvalue weighted by Gasteiger charge is -2.09. The highest BCUT2D eigenvalue weighted by atomic mass is 79.9. The first-order valence-electron chi connectivity index (χ1n) is 7.32. The molecule has 0 radical (unpaired) electrons. The largest absolute Gasteiger partial charge is 0.306 e. The minimum Gasteiger partial charge on any atom is -0.306 e. The number of hydrogen-bond acceptors (Lipinski definition) is 4. The van der Waals surface area contributed by atoms with Crippen molar-refractivity contribution in [2.75, 3.05) is 5.32 Å². The van der Waals surface area contributed by atoms with Crippen LogP contribution in [0.25, 0.3) is 5.69 Å². The molecular weight excluding hydrogens is 388 g/mol. The number of anilines is 1. The predicted molar refractivity (Wildman–Crippen MR) is 97.1 cm³/mol. The number of nitrogens with one attached hydrogen (secondary N) is 1. The molecule has 0 bridgehead atoms. The zero-order valence-corrected chi connectivity index (χ0v) is 14.7. The topological polar surface area (TPSA) is 90.1 Å². The van der Waals surface area contributed by atoms with E-state index in [2.05, 4.69) is 26.3 Å². The summed E-state index contributed by atoms with van der Waals surface area (Å²) >= 11 is 3.41. The van der Waals surface area contributed by atoms with E-state index in [-0.39, 0.29) is 11.6 Å². The van der Waals surface area contributed by atoms with Gasteiger partial charge in [-0.15, -0.1) is 0 Å². The number of carbonyl (C=O) groups excluding carboxylic acids is 1. The molecule has 8 heteroatoms. The van der Waals surface area contributed by atoms with Crippen LogP contribution in [-0.2, 0) is 0 Å². The molecule has 0 aliphatic carbocycles. The quantitative estimate of drug-likeness (QED) is 0.527. The number of aryl methyl sites for hydroxylation is 1. The standard InChI is InChI=1S/C17H13BrN4O3/c1-11-9-16(21(20-11)15-4-2-3-13(18)10-15)19-17(23)12-5-7-14(8-6-12)22(24)25/h2-10H,1H3,(H,19,23). The van der Waals surface area contributed by atoms with E-state index in [0.29, 0.717) is 11.4 Å². The third-order valence-electron chi connectivity index (χ3n) is 3.47. The number of benzene rings is 2. The van der Waals surface area contributed by atoms with Gasteiger partial charge in [0, 0.05) is 28.2 Å². The molecule has 0 aliphatic rings. The van der Waals surface area contributed by atoms with Gasteiger partial charge in [0.2, 0.25) is 0 Å². The van der Waals surface area contributed by atoms with Gasteiger partial charge in [-0.2, -0.15) is 5.10 Å². The van der Waals surface area contributed by atoms with Crippen LogP contribution in [0.15, 0.2) is 59.1 Å². The Morgan fingerprint density at radius 2 is 1.92 bits per heavy atom. The molecule has 1 amide bonds. The maximum absolute atomic E-state index is 12.4. The summed E-state index contributed by atoms with van der Waals surface area (Å²) < 4.78 is 2.52. The Balaban J connectivity index is 1.88. The van der Waals surface area contributed by atoms with E-state index in [1.807, 2.05) is 31.2 Å². The fraction of sp³-hybridized carbons (Fsp3) is 0.0588. The van der Waals surface area contributed by atoms with Gasteiger partial charge in [0.15, 0.2) is 0 Å². The van der Waals surface area contributed by atoms with Crippen LogP contribution in [0.2, 0.25) is 0 Å². The normalized spacial score (nSPS) is 10.5. The van der Waals surface area contributed by atoms with Gasteiger partial charge >= 0.3 is 0 Å². The van der Waals surface area contributed by atoms with Crippen LogP contribution < -0.4 is 5.32 Å². The third-order valence-corrected chi connectivity index (χ3v) is 3.96. The monoisotopic (exact) mass is 400 g/mol. The fourth-order valence-corrected chi connectivity index (χ4v) is 2.70. The van der Waals surface area contributed by atoms with E-state index in [1.165, 1.54) is 24.3 Å². The molecule has 3 aromatic rings. The lowest BCUT2D eigenvalue weighted by atomic mass is 10.2. The first kappa shape index (κ1) is 16.8. The third kappa shape index (κ3) is 3.74. The number of rotatable bonds is 4. The maximum Gasteiger partial charge on any atom is 0.269 e. The van der Waals surface area contributed by atoms with Gasteiger partial charge in [-0.3, -0.25) is 14.9 Å². The summed E-state index contributed by atoms with van der Waals surface area (Å²) in [6.07, 6.45) is 0.